The van der Waals surface area contributed by atoms with E-state index in [1.54, 1.807) is 24.4 Å². The van der Waals surface area contributed by atoms with E-state index in [-0.39, 0.29) is 5.57 Å². The molecule has 0 aliphatic rings. The molecule has 0 unspecified atom stereocenters. The summed E-state index contributed by atoms with van der Waals surface area (Å²) in [5, 5.41) is 12.9. The third kappa shape index (κ3) is 4.09. The number of nitriles is 1. The molecule has 1 N–H and O–H groups in total. The zero-order chi connectivity index (χ0) is 20.3. The van der Waals surface area contributed by atoms with Crippen LogP contribution >= 0.6 is 23.2 Å². The lowest BCUT2D eigenvalue weighted by molar-refractivity contribution is -0.112. The van der Waals surface area contributed by atoms with Gasteiger partial charge in [0.1, 0.15) is 17.5 Å². The number of nitrogens with one attached hydrogen (secondary N) is 1. The van der Waals surface area contributed by atoms with E-state index in [1.807, 2.05) is 48.7 Å². The normalized spacial score (nSPS) is 11.2. The predicted molar refractivity (Wildman–Crippen MR) is 112 cm³/mol. The minimum Gasteiger partial charge on any atom is -0.320 e. The fraction of sp³-hybridized carbons (Fsp3) is 0.0952. The zero-order valence-corrected chi connectivity index (χ0v) is 16.7. The van der Waals surface area contributed by atoms with Crippen molar-refractivity contribution in [3.05, 3.63) is 81.2 Å². The average Bonchev–Trinajstić information content (AvgIpc) is 2.95. The lowest BCUT2D eigenvalue weighted by Gasteiger charge is -2.08. The van der Waals surface area contributed by atoms with E-state index in [0.717, 1.165) is 22.8 Å². The third-order valence-electron chi connectivity index (χ3n) is 4.19. The summed E-state index contributed by atoms with van der Waals surface area (Å²) < 4.78 is 1.97. The smallest absolute Gasteiger partial charge is 0.266 e. The van der Waals surface area contributed by atoms with E-state index in [2.05, 4.69) is 10.3 Å². The molecule has 1 amide bonds. The van der Waals surface area contributed by atoms with Crippen molar-refractivity contribution < 1.29 is 4.79 Å². The molecule has 7 heteroatoms. The minimum atomic E-state index is -0.547. The van der Waals surface area contributed by atoms with Crippen molar-refractivity contribution in [2.75, 3.05) is 5.32 Å². The number of halogens is 2. The summed E-state index contributed by atoms with van der Waals surface area (Å²) in [6, 6.07) is 14.2. The SMILES string of the molecule is Cc1cc(/C=C(/C#N)C(=O)Nc2ccc(Cl)cc2Cl)c(C)n1-c1ccccn1. The molecule has 2 aromatic heterocycles. The van der Waals surface area contributed by atoms with Gasteiger partial charge in [-0.1, -0.05) is 29.3 Å². The lowest BCUT2D eigenvalue weighted by atomic mass is 10.1. The number of pyridine rings is 1. The molecule has 0 saturated heterocycles. The molecule has 1 aromatic carbocycles. The highest BCUT2D eigenvalue weighted by atomic mass is 35.5. The van der Waals surface area contributed by atoms with Gasteiger partial charge in [0.15, 0.2) is 0 Å². The molecule has 0 spiro atoms. The summed E-state index contributed by atoms with van der Waals surface area (Å²) >= 11 is 12.0. The molecule has 0 aliphatic carbocycles. The van der Waals surface area contributed by atoms with Gasteiger partial charge in [0.25, 0.3) is 5.91 Å². The Hall–Kier alpha value is -3.07. The molecular weight excluding hydrogens is 395 g/mol. The quantitative estimate of drug-likeness (QED) is 0.465. The van der Waals surface area contributed by atoms with E-state index in [1.165, 1.54) is 6.07 Å². The Bertz CT molecular complexity index is 1110. The molecule has 0 fully saturated rings. The number of aryl methyl sites for hydroxylation is 1. The monoisotopic (exact) mass is 410 g/mol. The fourth-order valence-electron chi connectivity index (χ4n) is 2.86. The van der Waals surface area contributed by atoms with Crippen LogP contribution in [0.5, 0.6) is 0 Å². The zero-order valence-electron chi connectivity index (χ0n) is 15.2. The van der Waals surface area contributed by atoms with Crippen molar-refractivity contribution >= 4 is 40.9 Å². The van der Waals surface area contributed by atoms with Crippen LogP contribution in [0.25, 0.3) is 11.9 Å². The molecule has 140 valence electrons. The molecule has 3 aromatic rings. The van der Waals surface area contributed by atoms with Crippen molar-refractivity contribution in [3.63, 3.8) is 0 Å². The van der Waals surface area contributed by atoms with Gasteiger partial charge < -0.3 is 9.88 Å². The Morgan fingerprint density at radius 2 is 2.00 bits per heavy atom. The van der Waals surface area contributed by atoms with Crippen LogP contribution in [-0.2, 0) is 4.79 Å². The topological polar surface area (TPSA) is 70.7 Å². The number of carbonyl (C=O) groups is 1. The number of hydrogen-bond donors (Lipinski definition) is 1. The maximum absolute atomic E-state index is 12.5. The summed E-state index contributed by atoms with van der Waals surface area (Å²) in [4.78, 5) is 16.9. The van der Waals surface area contributed by atoms with E-state index >= 15 is 0 Å². The molecule has 2 heterocycles. The van der Waals surface area contributed by atoms with Crippen molar-refractivity contribution in [3.8, 4) is 11.9 Å². The van der Waals surface area contributed by atoms with Crippen molar-refractivity contribution in [2.45, 2.75) is 13.8 Å². The number of amides is 1. The third-order valence-corrected chi connectivity index (χ3v) is 4.74. The summed E-state index contributed by atoms with van der Waals surface area (Å²) in [5.74, 6) is 0.224. The molecule has 0 bridgehead atoms. The Morgan fingerprint density at radius 1 is 1.21 bits per heavy atom. The first-order valence-electron chi connectivity index (χ1n) is 8.39. The largest absolute Gasteiger partial charge is 0.320 e. The van der Waals surface area contributed by atoms with Gasteiger partial charge in [0, 0.05) is 22.6 Å². The first kappa shape index (κ1) is 19.7. The van der Waals surface area contributed by atoms with Gasteiger partial charge in [0.05, 0.1) is 10.7 Å². The van der Waals surface area contributed by atoms with E-state index in [9.17, 15) is 10.1 Å². The molecular formula is C21H16Cl2N4O. The van der Waals surface area contributed by atoms with Gasteiger partial charge >= 0.3 is 0 Å². The maximum Gasteiger partial charge on any atom is 0.266 e. The molecule has 0 saturated carbocycles. The summed E-state index contributed by atoms with van der Waals surface area (Å²) in [5.41, 5.74) is 2.93. The standard InChI is InChI=1S/C21H16Cl2N4O/c1-13-9-15(14(2)27(13)20-5-3-4-8-25-20)10-16(12-24)21(28)26-19-7-6-17(22)11-18(19)23/h3-11H,1-2H3,(H,26,28)/b16-10-. The van der Waals surface area contributed by atoms with Gasteiger partial charge in [0.2, 0.25) is 0 Å². The van der Waals surface area contributed by atoms with Crippen molar-refractivity contribution in [2.24, 2.45) is 0 Å². The fourth-order valence-corrected chi connectivity index (χ4v) is 3.31. The van der Waals surface area contributed by atoms with Crippen molar-refractivity contribution in [1.29, 1.82) is 5.26 Å². The van der Waals surface area contributed by atoms with Crippen LogP contribution in [-0.4, -0.2) is 15.5 Å². The number of benzene rings is 1. The number of anilines is 1. The first-order chi connectivity index (χ1) is 13.4. The van der Waals surface area contributed by atoms with Gasteiger partial charge in [-0.05, 0) is 61.9 Å². The van der Waals surface area contributed by atoms with Crippen LogP contribution in [0.3, 0.4) is 0 Å². The second-order valence-corrected chi connectivity index (χ2v) is 6.94. The Labute approximate surface area is 172 Å². The number of rotatable bonds is 4. The molecule has 0 atom stereocenters. The number of nitrogens with zero attached hydrogens (tertiary/aromatic N) is 3. The first-order valence-corrected chi connectivity index (χ1v) is 9.15. The van der Waals surface area contributed by atoms with Crippen LogP contribution in [0, 0.1) is 25.2 Å². The van der Waals surface area contributed by atoms with Crippen LogP contribution in [0.4, 0.5) is 5.69 Å². The van der Waals surface area contributed by atoms with E-state index in [4.69, 9.17) is 23.2 Å². The second-order valence-electron chi connectivity index (χ2n) is 6.10. The maximum atomic E-state index is 12.5. The Balaban J connectivity index is 1.93. The van der Waals surface area contributed by atoms with Crippen LogP contribution < -0.4 is 5.32 Å². The summed E-state index contributed by atoms with van der Waals surface area (Å²) in [7, 11) is 0. The molecule has 3 rings (SSSR count). The number of aromatic nitrogens is 2. The Morgan fingerprint density at radius 3 is 2.64 bits per heavy atom. The summed E-state index contributed by atoms with van der Waals surface area (Å²) in [6.45, 7) is 3.86. The Kier molecular flexibility index (Phi) is 5.84. The number of hydrogen-bond acceptors (Lipinski definition) is 3. The van der Waals surface area contributed by atoms with Crippen LogP contribution in [0.1, 0.15) is 17.0 Å². The van der Waals surface area contributed by atoms with Gasteiger partial charge in [-0.15, -0.1) is 0 Å². The predicted octanol–water partition coefficient (Wildman–Crippen LogP) is 5.34. The molecule has 5 nitrogen and oxygen atoms in total. The highest BCUT2D eigenvalue weighted by Gasteiger charge is 2.15. The van der Waals surface area contributed by atoms with E-state index in [0.29, 0.717) is 15.7 Å². The highest BCUT2D eigenvalue weighted by molar-refractivity contribution is 6.36. The average molecular weight is 411 g/mol. The van der Waals surface area contributed by atoms with Gasteiger partial charge in [-0.25, -0.2) is 4.98 Å². The van der Waals surface area contributed by atoms with E-state index < -0.39 is 5.91 Å². The molecule has 0 aliphatic heterocycles. The highest BCUT2D eigenvalue weighted by Crippen LogP contribution is 2.26. The molecule has 0 radical (unpaired) electrons. The number of carbonyl (C=O) groups excluding carboxylic acids is 1. The van der Waals surface area contributed by atoms with Crippen LogP contribution in [0.2, 0.25) is 10.0 Å². The summed E-state index contributed by atoms with van der Waals surface area (Å²) in [6.07, 6.45) is 3.27. The lowest BCUT2D eigenvalue weighted by Crippen LogP contribution is -2.13. The van der Waals surface area contributed by atoms with Gasteiger partial charge in [-0.2, -0.15) is 5.26 Å². The van der Waals surface area contributed by atoms with Crippen LogP contribution in [0.15, 0.2) is 54.2 Å². The van der Waals surface area contributed by atoms with Crippen molar-refractivity contribution in [1.82, 2.24) is 9.55 Å². The minimum absolute atomic E-state index is 0.0349. The molecule has 28 heavy (non-hydrogen) atoms. The van der Waals surface area contributed by atoms with Gasteiger partial charge in [-0.3, -0.25) is 4.79 Å². The second kappa shape index (κ2) is 8.30.